The molecule has 0 bridgehead atoms. The van der Waals surface area contributed by atoms with Gasteiger partial charge in [0.1, 0.15) is 11.7 Å². The number of nitrogens with one attached hydrogen (secondary N) is 2. The molecule has 0 spiro atoms. The fourth-order valence-corrected chi connectivity index (χ4v) is 1.76. The first-order valence-corrected chi connectivity index (χ1v) is 5.14. The lowest BCUT2D eigenvalue weighted by atomic mass is 10.2. The maximum atomic E-state index is 11.5. The first-order valence-electron chi connectivity index (χ1n) is 4.19. The molecule has 3 amide bonds. The Morgan fingerprint density at radius 3 is 2.93 bits per heavy atom. The van der Waals surface area contributed by atoms with Gasteiger partial charge in [-0.1, -0.05) is 0 Å². The van der Waals surface area contributed by atoms with Crippen molar-refractivity contribution in [1.82, 2.24) is 15.6 Å². The molecule has 1 aromatic rings. The number of amides is 3. The zero-order chi connectivity index (χ0) is 10.8. The minimum atomic E-state index is -0.772. The van der Waals surface area contributed by atoms with Crippen molar-refractivity contribution in [2.75, 3.05) is 0 Å². The largest absolute Gasteiger partial charge is 0.338 e. The molecule has 0 radical (unpaired) electrons. The van der Waals surface area contributed by atoms with E-state index >= 15 is 0 Å². The van der Waals surface area contributed by atoms with Crippen molar-refractivity contribution in [3.63, 3.8) is 0 Å². The number of hydrogen-bond donors (Lipinski definition) is 2. The van der Waals surface area contributed by atoms with E-state index in [0.29, 0.717) is 0 Å². The molecular formula is C8H7N3O3S. The Hall–Kier alpha value is -1.76. The van der Waals surface area contributed by atoms with E-state index in [1.807, 2.05) is 0 Å². The summed E-state index contributed by atoms with van der Waals surface area (Å²) < 4.78 is 0. The molecule has 7 heteroatoms. The van der Waals surface area contributed by atoms with E-state index in [0.717, 1.165) is 0 Å². The minimum absolute atomic E-state index is 0.00525. The zero-order valence-corrected chi connectivity index (χ0v) is 8.34. The Morgan fingerprint density at radius 2 is 2.40 bits per heavy atom. The average molecular weight is 225 g/mol. The maximum absolute atomic E-state index is 11.5. The van der Waals surface area contributed by atoms with E-state index in [2.05, 4.69) is 15.6 Å². The Kier molecular flexibility index (Phi) is 2.46. The minimum Gasteiger partial charge on any atom is -0.338 e. The molecule has 1 unspecified atom stereocenters. The van der Waals surface area contributed by atoms with Crippen LogP contribution in [0.2, 0.25) is 0 Å². The molecule has 2 N–H and O–H groups in total. The van der Waals surface area contributed by atoms with E-state index < -0.39 is 17.9 Å². The molecule has 1 aliphatic heterocycles. The van der Waals surface area contributed by atoms with Crippen molar-refractivity contribution in [2.45, 2.75) is 12.5 Å². The molecule has 1 saturated heterocycles. The summed E-state index contributed by atoms with van der Waals surface area (Å²) in [5, 5.41) is 6.11. The van der Waals surface area contributed by atoms with Crippen molar-refractivity contribution >= 4 is 29.1 Å². The molecule has 0 saturated carbocycles. The van der Waals surface area contributed by atoms with Gasteiger partial charge in [0.2, 0.25) is 11.8 Å². The van der Waals surface area contributed by atoms with Crippen LogP contribution in [-0.4, -0.2) is 28.7 Å². The molecule has 15 heavy (non-hydrogen) atoms. The molecule has 1 fully saturated rings. The third-order valence-electron chi connectivity index (χ3n) is 1.94. The normalized spacial score (nSPS) is 20.1. The number of carbonyl (C=O) groups excluding carboxylic acids is 3. The van der Waals surface area contributed by atoms with E-state index in [1.165, 1.54) is 16.8 Å². The number of hydrogen-bond acceptors (Lipinski definition) is 5. The summed E-state index contributed by atoms with van der Waals surface area (Å²) in [4.78, 5) is 37.2. The molecule has 0 aromatic carbocycles. The Bertz CT molecular complexity index is 415. The average Bonchev–Trinajstić information content (AvgIpc) is 2.76. The number of nitrogens with zero attached hydrogens (tertiary/aromatic N) is 1. The third-order valence-corrected chi connectivity index (χ3v) is 2.53. The van der Waals surface area contributed by atoms with Crippen LogP contribution in [0.15, 0.2) is 10.9 Å². The number of imide groups is 1. The highest BCUT2D eigenvalue weighted by Crippen LogP contribution is 2.05. The van der Waals surface area contributed by atoms with Gasteiger partial charge in [-0.25, -0.2) is 4.98 Å². The lowest BCUT2D eigenvalue weighted by Crippen LogP contribution is -2.40. The molecule has 2 rings (SSSR count). The summed E-state index contributed by atoms with van der Waals surface area (Å²) in [5.41, 5.74) is 1.78. The van der Waals surface area contributed by atoms with Crippen molar-refractivity contribution in [2.24, 2.45) is 0 Å². The van der Waals surface area contributed by atoms with Crippen molar-refractivity contribution in [1.29, 1.82) is 0 Å². The van der Waals surface area contributed by atoms with Gasteiger partial charge in [0.15, 0.2) is 0 Å². The van der Waals surface area contributed by atoms with Gasteiger partial charge in [-0.3, -0.25) is 19.7 Å². The smallest absolute Gasteiger partial charge is 0.271 e. The first-order chi connectivity index (χ1) is 7.16. The van der Waals surface area contributed by atoms with Crippen LogP contribution in [0.3, 0.4) is 0 Å². The SMILES string of the molecule is O=C1CC(NC(=O)c2cscn2)C(=O)N1. The van der Waals surface area contributed by atoms with Crippen LogP contribution in [0.5, 0.6) is 0 Å². The van der Waals surface area contributed by atoms with Gasteiger partial charge < -0.3 is 5.32 Å². The predicted molar refractivity (Wildman–Crippen MR) is 51.1 cm³/mol. The van der Waals surface area contributed by atoms with E-state index in [1.54, 1.807) is 5.38 Å². The highest BCUT2D eigenvalue weighted by Gasteiger charge is 2.32. The van der Waals surface area contributed by atoms with Crippen LogP contribution < -0.4 is 10.6 Å². The van der Waals surface area contributed by atoms with Gasteiger partial charge in [-0.15, -0.1) is 11.3 Å². The molecule has 2 heterocycles. The summed E-state index contributed by atoms with van der Waals surface area (Å²) in [6.07, 6.45) is -0.00525. The Balaban J connectivity index is 2.01. The summed E-state index contributed by atoms with van der Waals surface area (Å²) in [6.45, 7) is 0. The number of aromatic nitrogens is 1. The van der Waals surface area contributed by atoms with Gasteiger partial charge in [0, 0.05) is 5.38 Å². The Labute approximate surface area is 88.7 Å². The summed E-state index contributed by atoms with van der Waals surface area (Å²) >= 11 is 1.29. The molecule has 6 nitrogen and oxygen atoms in total. The molecule has 0 aliphatic carbocycles. The van der Waals surface area contributed by atoms with Crippen LogP contribution in [0.25, 0.3) is 0 Å². The molecule has 1 aromatic heterocycles. The highest BCUT2D eigenvalue weighted by atomic mass is 32.1. The van der Waals surface area contributed by atoms with Gasteiger partial charge in [0.05, 0.1) is 11.9 Å². The van der Waals surface area contributed by atoms with E-state index in [9.17, 15) is 14.4 Å². The number of carbonyl (C=O) groups is 3. The summed E-state index contributed by atoms with van der Waals surface area (Å²) in [5.74, 6) is -1.28. The van der Waals surface area contributed by atoms with Crippen LogP contribution in [0.1, 0.15) is 16.9 Å². The molecule has 1 atom stereocenters. The molecule has 78 valence electrons. The lowest BCUT2D eigenvalue weighted by Gasteiger charge is -2.06. The molecular weight excluding hydrogens is 218 g/mol. The second-order valence-electron chi connectivity index (χ2n) is 3.02. The van der Waals surface area contributed by atoms with Gasteiger partial charge >= 0.3 is 0 Å². The number of rotatable bonds is 2. The highest BCUT2D eigenvalue weighted by molar-refractivity contribution is 7.07. The van der Waals surface area contributed by atoms with Crippen molar-refractivity contribution in [3.05, 3.63) is 16.6 Å². The second-order valence-corrected chi connectivity index (χ2v) is 3.73. The van der Waals surface area contributed by atoms with E-state index in [4.69, 9.17) is 0 Å². The summed E-state index contributed by atoms with van der Waals surface area (Å²) in [6, 6.07) is -0.772. The standard InChI is InChI=1S/C8H7N3O3S/c12-6-1-4(7(13)11-6)10-8(14)5-2-15-3-9-5/h2-4H,1H2,(H,10,14)(H,11,12,13). The summed E-state index contributed by atoms with van der Waals surface area (Å²) in [7, 11) is 0. The lowest BCUT2D eigenvalue weighted by molar-refractivity contribution is -0.125. The van der Waals surface area contributed by atoms with Gasteiger partial charge in [-0.2, -0.15) is 0 Å². The van der Waals surface area contributed by atoms with Crippen LogP contribution in [0.4, 0.5) is 0 Å². The van der Waals surface area contributed by atoms with Gasteiger partial charge in [0.25, 0.3) is 5.91 Å². The number of thiazole rings is 1. The van der Waals surface area contributed by atoms with Gasteiger partial charge in [-0.05, 0) is 0 Å². The monoisotopic (exact) mass is 225 g/mol. The first kappa shape index (κ1) is 9.78. The van der Waals surface area contributed by atoms with Crippen LogP contribution in [-0.2, 0) is 9.59 Å². The fourth-order valence-electron chi connectivity index (χ4n) is 1.23. The quantitative estimate of drug-likeness (QED) is 0.651. The second kappa shape index (κ2) is 3.77. The zero-order valence-electron chi connectivity index (χ0n) is 7.52. The molecule has 1 aliphatic rings. The third kappa shape index (κ3) is 2.01. The van der Waals surface area contributed by atoms with Crippen LogP contribution in [0, 0.1) is 0 Å². The fraction of sp³-hybridized carbons (Fsp3) is 0.250. The van der Waals surface area contributed by atoms with Crippen LogP contribution >= 0.6 is 11.3 Å². The maximum Gasteiger partial charge on any atom is 0.271 e. The van der Waals surface area contributed by atoms with E-state index in [-0.39, 0.29) is 18.0 Å². The van der Waals surface area contributed by atoms with Crippen molar-refractivity contribution < 1.29 is 14.4 Å². The Morgan fingerprint density at radius 1 is 1.60 bits per heavy atom. The topological polar surface area (TPSA) is 88.2 Å². The predicted octanol–water partition coefficient (Wildman–Crippen LogP) is -0.712. The van der Waals surface area contributed by atoms with Crippen molar-refractivity contribution in [3.8, 4) is 0 Å².